The van der Waals surface area contributed by atoms with Crippen molar-refractivity contribution in [1.29, 1.82) is 0 Å². The quantitative estimate of drug-likeness (QED) is 0.924. The lowest BCUT2D eigenvalue weighted by atomic mass is 10.1. The average Bonchev–Trinajstić information content (AvgIpc) is 2.81. The molecule has 18 heavy (non-hydrogen) atoms. The first-order valence-electron chi connectivity index (χ1n) is 6.00. The Morgan fingerprint density at radius 1 is 1.39 bits per heavy atom. The molecule has 5 heteroatoms. The summed E-state index contributed by atoms with van der Waals surface area (Å²) in [6.45, 7) is 2.98. The number of rotatable bonds is 5. The van der Waals surface area contributed by atoms with E-state index in [4.69, 9.17) is 0 Å². The molecule has 0 aliphatic heterocycles. The van der Waals surface area contributed by atoms with E-state index < -0.39 is 6.10 Å². The highest BCUT2D eigenvalue weighted by Gasteiger charge is 2.11. The van der Waals surface area contributed by atoms with Crippen molar-refractivity contribution in [2.45, 2.75) is 32.4 Å². The van der Waals surface area contributed by atoms with Crippen molar-refractivity contribution in [2.24, 2.45) is 0 Å². The van der Waals surface area contributed by atoms with Gasteiger partial charge in [-0.2, -0.15) is 5.10 Å². The summed E-state index contributed by atoms with van der Waals surface area (Å²) >= 11 is 3.34. The molecule has 4 nitrogen and oxygen atoms in total. The van der Waals surface area contributed by atoms with Gasteiger partial charge in [0.15, 0.2) is 0 Å². The Balaban J connectivity index is 2.02. The molecule has 0 amide bonds. The number of nitrogens with zero attached hydrogens (tertiary/aromatic N) is 3. The van der Waals surface area contributed by atoms with E-state index in [2.05, 4.69) is 32.9 Å². The van der Waals surface area contributed by atoms with Crippen LogP contribution in [0.3, 0.4) is 0 Å². The zero-order valence-corrected chi connectivity index (χ0v) is 11.8. The van der Waals surface area contributed by atoms with Gasteiger partial charge in [0.25, 0.3) is 0 Å². The summed E-state index contributed by atoms with van der Waals surface area (Å²) < 4.78 is 2.80. The minimum atomic E-state index is -0.552. The van der Waals surface area contributed by atoms with Crippen LogP contribution >= 0.6 is 15.9 Å². The molecule has 2 heterocycles. The van der Waals surface area contributed by atoms with Gasteiger partial charge in [-0.1, -0.05) is 6.92 Å². The van der Waals surface area contributed by atoms with Crippen LogP contribution in [0.2, 0.25) is 0 Å². The fourth-order valence-electron chi connectivity index (χ4n) is 1.75. The van der Waals surface area contributed by atoms with Crippen LogP contribution in [0, 0.1) is 0 Å². The monoisotopic (exact) mass is 309 g/mol. The largest absolute Gasteiger partial charge is 0.388 e. The molecule has 2 rings (SSSR count). The minimum Gasteiger partial charge on any atom is -0.388 e. The third kappa shape index (κ3) is 3.40. The van der Waals surface area contributed by atoms with E-state index in [1.54, 1.807) is 12.4 Å². The van der Waals surface area contributed by atoms with Crippen molar-refractivity contribution < 1.29 is 5.11 Å². The van der Waals surface area contributed by atoms with Gasteiger partial charge in [0.1, 0.15) is 0 Å². The maximum absolute atomic E-state index is 10.1. The predicted octanol–water partition coefficient (Wildman–Crippen LogP) is 2.73. The van der Waals surface area contributed by atoms with E-state index in [1.165, 1.54) is 0 Å². The summed E-state index contributed by atoms with van der Waals surface area (Å²) in [6.07, 6.45) is 6.34. The molecule has 2 aromatic rings. The normalized spacial score (nSPS) is 12.6. The van der Waals surface area contributed by atoms with E-state index >= 15 is 0 Å². The van der Waals surface area contributed by atoms with E-state index in [0.29, 0.717) is 6.42 Å². The lowest BCUT2D eigenvalue weighted by Gasteiger charge is -2.07. The van der Waals surface area contributed by atoms with Gasteiger partial charge >= 0.3 is 0 Å². The second-order valence-electron chi connectivity index (χ2n) is 4.22. The second-order valence-corrected chi connectivity index (χ2v) is 5.14. The van der Waals surface area contributed by atoms with Crippen LogP contribution in [0.15, 0.2) is 35.2 Å². The molecule has 0 spiro atoms. The van der Waals surface area contributed by atoms with Crippen LogP contribution in [-0.2, 0) is 13.0 Å². The van der Waals surface area contributed by atoms with E-state index in [-0.39, 0.29) is 0 Å². The molecule has 0 fully saturated rings. The Hall–Kier alpha value is -1.20. The number of pyridine rings is 1. The summed E-state index contributed by atoms with van der Waals surface area (Å²) in [5, 5.41) is 14.3. The zero-order valence-electron chi connectivity index (χ0n) is 10.3. The first-order chi connectivity index (χ1) is 8.69. The standard InChI is InChI=1S/C13H16BrN3O/c1-2-5-17-9-10(7-16-17)13(18)6-12-4-3-11(14)8-15-12/h3-4,7-9,13,18H,2,5-6H2,1H3. The van der Waals surface area contributed by atoms with Crippen molar-refractivity contribution in [3.05, 3.63) is 46.5 Å². The molecular weight excluding hydrogens is 294 g/mol. The maximum Gasteiger partial charge on any atom is 0.0875 e. The fourth-order valence-corrected chi connectivity index (χ4v) is 1.98. The van der Waals surface area contributed by atoms with Gasteiger partial charge in [-0.05, 0) is 34.5 Å². The van der Waals surface area contributed by atoms with Gasteiger partial charge in [-0.15, -0.1) is 0 Å². The van der Waals surface area contributed by atoms with Crippen molar-refractivity contribution >= 4 is 15.9 Å². The number of halogens is 1. The number of aromatic nitrogens is 3. The van der Waals surface area contributed by atoms with Gasteiger partial charge in [0.05, 0.1) is 12.3 Å². The highest BCUT2D eigenvalue weighted by Crippen LogP contribution is 2.17. The van der Waals surface area contributed by atoms with Crippen LogP contribution in [0.25, 0.3) is 0 Å². The van der Waals surface area contributed by atoms with Crippen LogP contribution in [0.1, 0.15) is 30.7 Å². The summed E-state index contributed by atoms with van der Waals surface area (Å²) in [6, 6.07) is 3.83. The molecule has 1 atom stereocenters. The number of aryl methyl sites for hydroxylation is 1. The molecule has 0 aliphatic carbocycles. The topological polar surface area (TPSA) is 50.9 Å². The van der Waals surface area contributed by atoms with Crippen molar-refractivity contribution in [3.63, 3.8) is 0 Å². The number of hydrogen-bond donors (Lipinski definition) is 1. The Morgan fingerprint density at radius 2 is 2.22 bits per heavy atom. The molecule has 0 saturated carbocycles. The van der Waals surface area contributed by atoms with Crippen LogP contribution in [-0.4, -0.2) is 19.9 Å². The van der Waals surface area contributed by atoms with Crippen LogP contribution < -0.4 is 0 Å². The molecule has 2 aromatic heterocycles. The van der Waals surface area contributed by atoms with E-state index in [0.717, 1.165) is 28.7 Å². The Kier molecular flexibility index (Phi) is 4.49. The molecule has 0 bridgehead atoms. The fraction of sp³-hybridized carbons (Fsp3) is 0.385. The van der Waals surface area contributed by atoms with Gasteiger partial charge in [0.2, 0.25) is 0 Å². The first-order valence-corrected chi connectivity index (χ1v) is 6.79. The predicted molar refractivity (Wildman–Crippen MR) is 73.1 cm³/mol. The van der Waals surface area contributed by atoms with Crippen molar-refractivity contribution in [3.8, 4) is 0 Å². The highest BCUT2D eigenvalue weighted by atomic mass is 79.9. The number of aliphatic hydroxyl groups excluding tert-OH is 1. The van der Waals surface area contributed by atoms with Crippen molar-refractivity contribution in [1.82, 2.24) is 14.8 Å². The Bertz CT molecular complexity index is 495. The summed E-state index contributed by atoms with van der Waals surface area (Å²) in [5.74, 6) is 0. The van der Waals surface area contributed by atoms with E-state index in [1.807, 2.05) is 23.0 Å². The van der Waals surface area contributed by atoms with Crippen LogP contribution in [0.4, 0.5) is 0 Å². The molecule has 1 unspecified atom stereocenters. The third-order valence-electron chi connectivity index (χ3n) is 2.68. The molecule has 0 aromatic carbocycles. The average molecular weight is 310 g/mol. The van der Waals surface area contributed by atoms with Gasteiger partial charge in [-0.3, -0.25) is 9.67 Å². The molecule has 1 N–H and O–H groups in total. The summed E-state index contributed by atoms with van der Waals surface area (Å²) in [5.41, 5.74) is 1.71. The SMILES string of the molecule is CCCn1cc(C(O)Cc2ccc(Br)cn2)cn1. The molecule has 0 radical (unpaired) electrons. The van der Waals surface area contributed by atoms with Gasteiger partial charge in [0, 0.05) is 41.1 Å². The van der Waals surface area contributed by atoms with E-state index in [9.17, 15) is 5.11 Å². The maximum atomic E-state index is 10.1. The number of aliphatic hydroxyl groups is 1. The zero-order chi connectivity index (χ0) is 13.0. The Labute approximate surface area is 115 Å². The highest BCUT2D eigenvalue weighted by molar-refractivity contribution is 9.10. The third-order valence-corrected chi connectivity index (χ3v) is 3.15. The van der Waals surface area contributed by atoms with Gasteiger partial charge < -0.3 is 5.11 Å². The molecule has 96 valence electrons. The molecular formula is C13H16BrN3O. The van der Waals surface area contributed by atoms with Crippen LogP contribution in [0.5, 0.6) is 0 Å². The van der Waals surface area contributed by atoms with Gasteiger partial charge in [-0.25, -0.2) is 0 Å². The lowest BCUT2D eigenvalue weighted by Crippen LogP contribution is -2.02. The lowest BCUT2D eigenvalue weighted by molar-refractivity contribution is 0.177. The first kappa shape index (κ1) is 13.2. The molecule has 0 saturated heterocycles. The number of hydrogen-bond acceptors (Lipinski definition) is 3. The summed E-state index contributed by atoms with van der Waals surface area (Å²) in [4.78, 5) is 4.25. The smallest absolute Gasteiger partial charge is 0.0875 e. The second kappa shape index (κ2) is 6.11. The van der Waals surface area contributed by atoms with Crippen molar-refractivity contribution in [2.75, 3.05) is 0 Å². The Morgan fingerprint density at radius 3 is 2.89 bits per heavy atom. The molecule has 0 aliphatic rings. The summed E-state index contributed by atoms with van der Waals surface area (Å²) in [7, 11) is 0. The minimum absolute atomic E-state index is 0.505.